The Balaban J connectivity index is 0.00000200. The van der Waals surface area contributed by atoms with Gasteiger partial charge in [-0.1, -0.05) is 24.6 Å². The highest BCUT2D eigenvalue weighted by Gasteiger charge is 2.32. The van der Waals surface area contributed by atoms with E-state index in [0.29, 0.717) is 11.8 Å². The second-order valence-corrected chi connectivity index (χ2v) is 5.22. The van der Waals surface area contributed by atoms with Crippen LogP contribution in [0.2, 0.25) is 5.02 Å². The number of ether oxygens (including phenoxy) is 1. The third-order valence-electron chi connectivity index (χ3n) is 3.40. The summed E-state index contributed by atoms with van der Waals surface area (Å²) in [5.74, 6) is 0.400. The molecule has 0 aliphatic carbocycles. The fourth-order valence-corrected chi connectivity index (χ4v) is 2.69. The summed E-state index contributed by atoms with van der Waals surface area (Å²) in [5, 5.41) is 3.29. The van der Waals surface area contributed by atoms with E-state index in [9.17, 15) is 13.2 Å². The molecular weight excluding hydrogens is 314 g/mol. The Kier molecular flexibility index (Phi) is 5.98. The lowest BCUT2D eigenvalue weighted by Crippen LogP contribution is -2.33. The highest BCUT2D eigenvalue weighted by Crippen LogP contribution is 2.36. The van der Waals surface area contributed by atoms with E-state index in [1.54, 1.807) is 12.1 Å². The molecule has 1 N–H and O–H groups in total. The van der Waals surface area contributed by atoms with E-state index >= 15 is 0 Å². The maximum atomic E-state index is 12.1. The van der Waals surface area contributed by atoms with Crippen molar-refractivity contribution in [1.82, 2.24) is 5.32 Å². The first-order chi connectivity index (χ1) is 8.87. The van der Waals surface area contributed by atoms with Crippen LogP contribution in [0.1, 0.15) is 24.8 Å². The van der Waals surface area contributed by atoms with Crippen molar-refractivity contribution in [2.24, 2.45) is 5.92 Å². The zero-order chi connectivity index (χ0) is 14.0. The van der Waals surface area contributed by atoms with Gasteiger partial charge in [-0.05, 0) is 49.0 Å². The van der Waals surface area contributed by atoms with Crippen LogP contribution in [-0.4, -0.2) is 19.5 Å². The van der Waals surface area contributed by atoms with E-state index in [4.69, 9.17) is 11.6 Å². The molecular formula is C13H16Cl2F3NO. The van der Waals surface area contributed by atoms with Crippen LogP contribution in [-0.2, 0) is 0 Å². The van der Waals surface area contributed by atoms with Gasteiger partial charge in [-0.15, -0.1) is 25.6 Å². The molecule has 0 amide bonds. The van der Waals surface area contributed by atoms with Crippen LogP contribution in [0.25, 0.3) is 0 Å². The predicted octanol–water partition coefficient (Wildman–Crippen LogP) is 4.37. The number of nitrogens with one attached hydrogen (secondary N) is 1. The molecule has 2 rings (SSSR count). The van der Waals surface area contributed by atoms with Crippen molar-refractivity contribution in [1.29, 1.82) is 0 Å². The summed E-state index contributed by atoms with van der Waals surface area (Å²) in [6, 6.07) is 4.54. The number of benzene rings is 1. The molecule has 0 bridgehead atoms. The number of hydrogen-bond donors (Lipinski definition) is 1. The molecule has 114 valence electrons. The van der Waals surface area contributed by atoms with E-state index in [0.717, 1.165) is 25.1 Å². The number of hydrogen-bond acceptors (Lipinski definition) is 2. The second kappa shape index (κ2) is 6.87. The Morgan fingerprint density at radius 1 is 1.35 bits per heavy atom. The quantitative estimate of drug-likeness (QED) is 0.869. The van der Waals surface area contributed by atoms with Crippen LogP contribution in [0.4, 0.5) is 13.2 Å². The molecule has 0 radical (unpaired) electrons. The lowest BCUT2D eigenvalue weighted by Gasteiger charge is -2.30. The second-order valence-electron chi connectivity index (χ2n) is 4.81. The van der Waals surface area contributed by atoms with Crippen LogP contribution < -0.4 is 10.1 Å². The molecule has 1 fully saturated rings. The largest absolute Gasteiger partial charge is 0.573 e. The molecule has 1 aliphatic rings. The summed E-state index contributed by atoms with van der Waals surface area (Å²) < 4.78 is 40.3. The van der Waals surface area contributed by atoms with E-state index < -0.39 is 6.36 Å². The van der Waals surface area contributed by atoms with E-state index in [1.165, 1.54) is 6.07 Å². The molecule has 20 heavy (non-hydrogen) atoms. The minimum atomic E-state index is -4.72. The summed E-state index contributed by atoms with van der Waals surface area (Å²) in [5.41, 5.74) is 0.966. The maximum Gasteiger partial charge on any atom is 0.573 e. The Labute approximate surface area is 127 Å². The molecule has 2 nitrogen and oxygen atoms in total. The Morgan fingerprint density at radius 2 is 2.05 bits per heavy atom. The van der Waals surface area contributed by atoms with Crippen molar-refractivity contribution in [2.45, 2.75) is 25.6 Å². The van der Waals surface area contributed by atoms with Crippen LogP contribution in [0.5, 0.6) is 5.75 Å². The maximum absolute atomic E-state index is 12.1. The molecule has 7 heteroatoms. The molecule has 0 aromatic heterocycles. The van der Waals surface area contributed by atoms with Gasteiger partial charge < -0.3 is 10.1 Å². The van der Waals surface area contributed by atoms with Gasteiger partial charge in [0.25, 0.3) is 0 Å². The van der Waals surface area contributed by atoms with E-state index in [1.807, 2.05) is 0 Å². The smallest absolute Gasteiger partial charge is 0.404 e. The van der Waals surface area contributed by atoms with Gasteiger partial charge in [0, 0.05) is 0 Å². The van der Waals surface area contributed by atoms with Crippen molar-refractivity contribution in [2.75, 3.05) is 13.1 Å². The van der Waals surface area contributed by atoms with Crippen molar-refractivity contribution >= 4 is 24.0 Å². The minimum absolute atomic E-state index is 0. The zero-order valence-electron chi connectivity index (χ0n) is 10.8. The fourth-order valence-electron chi connectivity index (χ4n) is 2.46. The summed E-state index contributed by atoms with van der Waals surface area (Å²) >= 11 is 5.86. The van der Waals surface area contributed by atoms with Gasteiger partial charge in [-0.2, -0.15) is 0 Å². The highest BCUT2D eigenvalue weighted by atomic mass is 35.5. The molecule has 1 aromatic rings. The van der Waals surface area contributed by atoms with Gasteiger partial charge in [0.2, 0.25) is 0 Å². The van der Waals surface area contributed by atoms with Crippen molar-refractivity contribution in [3.05, 3.63) is 28.8 Å². The highest BCUT2D eigenvalue weighted by molar-refractivity contribution is 6.32. The molecule has 1 heterocycles. The fraction of sp³-hybridized carbons (Fsp3) is 0.538. The third-order valence-corrected chi connectivity index (χ3v) is 3.69. The van der Waals surface area contributed by atoms with Crippen LogP contribution in [0.15, 0.2) is 18.2 Å². The molecule has 0 unspecified atom stereocenters. The van der Waals surface area contributed by atoms with Gasteiger partial charge >= 0.3 is 6.36 Å². The molecule has 2 atom stereocenters. The number of rotatable bonds is 2. The van der Waals surface area contributed by atoms with Gasteiger partial charge in [-0.25, -0.2) is 0 Å². The third kappa shape index (κ3) is 4.43. The minimum Gasteiger partial charge on any atom is -0.404 e. The van der Waals surface area contributed by atoms with Gasteiger partial charge in [0.05, 0.1) is 5.02 Å². The van der Waals surface area contributed by atoms with Gasteiger partial charge in [0.15, 0.2) is 0 Å². The topological polar surface area (TPSA) is 21.3 Å². The molecule has 1 aromatic carbocycles. The Bertz CT molecular complexity index is 454. The number of halogens is 5. The standard InChI is InChI=1S/C13H15ClF3NO.ClH/c1-8-7-18-5-4-10(8)9-2-3-12(11(14)6-9)19-13(15,16)17;/h2-3,6,8,10,18H,4-5,7H2,1H3;1H/t8-,10+;/m1./s1. The summed E-state index contributed by atoms with van der Waals surface area (Å²) in [4.78, 5) is 0. The first-order valence-corrected chi connectivity index (χ1v) is 6.50. The molecule has 1 saturated heterocycles. The number of alkyl halides is 3. The Morgan fingerprint density at radius 3 is 2.60 bits per heavy atom. The first-order valence-electron chi connectivity index (χ1n) is 6.13. The normalized spacial score (nSPS) is 23.1. The Hall–Kier alpha value is -0.650. The predicted molar refractivity (Wildman–Crippen MR) is 74.8 cm³/mol. The monoisotopic (exact) mass is 329 g/mol. The van der Waals surface area contributed by atoms with E-state index in [-0.39, 0.29) is 23.2 Å². The van der Waals surface area contributed by atoms with Gasteiger partial charge in [0.1, 0.15) is 5.75 Å². The lowest BCUT2D eigenvalue weighted by atomic mass is 9.82. The summed E-state index contributed by atoms with van der Waals surface area (Å²) in [6.07, 6.45) is -3.76. The molecule has 1 aliphatic heterocycles. The summed E-state index contributed by atoms with van der Waals surface area (Å²) in [7, 11) is 0. The van der Waals surface area contributed by atoms with Crippen molar-refractivity contribution in [3.8, 4) is 5.75 Å². The average Bonchev–Trinajstić information content (AvgIpc) is 2.31. The van der Waals surface area contributed by atoms with Crippen LogP contribution in [0, 0.1) is 5.92 Å². The average molecular weight is 330 g/mol. The number of piperidine rings is 1. The first kappa shape index (κ1) is 17.4. The van der Waals surface area contributed by atoms with E-state index in [2.05, 4.69) is 17.0 Å². The SMILES string of the molecule is C[C@@H]1CNCC[C@@H]1c1ccc(OC(F)(F)F)c(Cl)c1.Cl. The zero-order valence-corrected chi connectivity index (χ0v) is 12.4. The molecule has 0 saturated carbocycles. The van der Waals surface area contributed by atoms with Crippen LogP contribution >= 0.6 is 24.0 Å². The van der Waals surface area contributed by atoms with Crippen LogP contribution in [0.3, 0.4) is 0 Å². The van der Waals surface area contributed by atoms with Crippen molar-refractivity contribution < 1.29 is 17.9 Å². The molecule has 0 spiro atoms. The summed E-state index contributed by atoms with van der Waals surface area (Å²) in [6.45, 7) is 3.93. The lowest BCUT2D eigenvalue weighted by molar-refractivity contribution is -0.274. The van der Waals surface area contributed by atoms with Gasteiger partial charge in [-0.3, -0.25) is 0 Å². The van der Waals surface area contributed by atoms with Crippen molar-refractivity contribution in [3.63, 3.8) is 0 Å².